The molecule has 1 heterocycles. The van der Waals surface area contributed by atoms with Crippen molar-refractivity contribution in [2.75, 3.05) is 5.32 Å². The van der Waals surface area contributed by atoms with Gasteiger partial charge in [-0.1, -0.05) is 67.6 Å². The number of nitrogens with one attached hydrogen (secondary N) is 2. The highest BCUT2D eigenvalue weighted by Crippen LogP contribution is 2.31. The fourth-order valence-electron chi connectivity index (χ4n) is 3.26. The van der Waals surface area contributed by atoms with Gasteiger partial charge in [0.25, 0.3) is 5.91 Å². The molecule has 7 heteroatoms. The van der Waals surface area contributed by atoms with Gasteiger partial charge in [-0.15, -0.1) is 11.3 Å². The molecule has 2 N–H and O–H groups in total. The molecule has 0 radical (unpaired) electrons. The van der Waals surface area contributed by atoms with E-state index in [2.05, 4.69) is 15.6 Å². The minimum atomic E-state index is -0.290. The summed E-state index contributed by atoms with van der Waals surface area (Å²) in [7, 11) is 0. The van der Waals surface area contributed by atoms with Gasteiger partial charge in [0, 0.05) is 22.4 Å². The van der Waals surface area contributed by atoms with Crippen LogP contribution in [-0.4, -0.2) is 16.0 Å². The van der Waals surface area contributed by atoms with E-state index < -0.39 is 0 Å². The molecule has 3 aromatic carbocycles. The Bertz CT molecular complexity index is 1240. The van der Waals surface area contributed by atoms with E-state index in [1.165, 1.54) is 11.3 Å². The van der Waals surface area contributed by atoms with Crippen LogP contribution < -0.4 is 10.6 Å². The molecule has 0 saturated carbocycles. The number of amides is 1. The van der Waals surface area contributed by atoms with E-state index in [0.717, 1.165) is 16.8 Å². The lowest BCUT2D eigenvalue weighted by atomic mass is 9.95. The van der Waals surface area contributed by atoms with Crippen LogP contribution in [0, 0.1) is 5.82 Å². The summed E-state index contributed by atoms with van der Waals surface area (Å²) in [4.78, 5) is 16.8. The molecule has 32 heavy (non-hydrogen) atoms. The highest BCUT2D eigenvalue weighted by atomic mass is 32.1. The van der Waals surface area contributed by atoms with E-state index in [1.807, 2.05) is 54.8 Å². The molecule has 0 saturated heterocycles. The average Bonchev–Trinajstić information content (AvgIpc) is 3.27. The number of thiazole rings is 1. The number of halogens is 1. The Kier molecular flexibility index (Phi) is 6.68. The molecule has 160 valence electrons. The Morgan fingerprint density at radius 2 is 1.72 bits per heavy atom. The van der Waals surface area contributed by atoms with Crippen LogP contribution in [0.4, 0.5) is 9.52 Å². The summed E-state index contributed by atoms with van der Waals surface area (Å²) < 4.78 is 14.8. The second-order valence-electron chi connectivity index (χ2n) is 7.18. The molecule has 0 aliphatic heterocycles. The molecule has 0 bridgehead atoms. The van der Waals surface area contributed by atoms with Gasteiger partial charge >= 0.3 is 0 Å². The molecule has 0 fully saturated rings. The van der Waals surface area contributed by atoms with Crippen LogP contribution >= 0.6 is 23.6 Å². The van der Waals surface area contributed by atoms with Crippen molar-refractivity contribution in [2.24, 2.45) is 0 Å². The van der Waals surface area contributed by atoms with Crippen molar-refractivity contribution in [3.8, 4) is 11.1 Å². The lowest BCUT2D eigenvalue weighted by Crippen LogP contribution is -2.34. The summed E-state index contributed by atoms with van der Waals surface area (Å²) in [6, 6.07) is 23.6. The lowest BCUT2D eigenvalue weighted by molar-refractivity contribution is 0.0977. The molecule has 4 rings (SSSR count). The molecule has 1 unspecified atom stereocenters. The second-order valence-corrected chi connectivity index (χ2v) is 8.45. The zero-order valence-electron chi connectivity index (χ0n) is 17.2. The first kappa shape index (κ1) is 21.8. The molecule has 1 atom stereocenters. The molecule has 1 aromatic heterocycles. The molecular formula is C25H20FN3OS2. The van der Waals surface area contributed by atoms with Crippen molar-refractivity contribution in [1.29, 1.82) is 0 Å². The number of carbonyl (C=O) groups is 1. The first-order valence-electron chi connectivity index (χ1n) is 9.99. The Labute approximate surface area is 195 Å². The van der Waals surface area contributed by atoms with E-state index in [4.69, 9.17) is 12.2 Å². The van der Waals surface area contributed by atoms with Crippen molar-refractivity contribution in [3.05, 3.63) is 107 Å². The van der Waals surface area contributed by atoms with Gasteiger partial charge in [0.1, 0.15) is 5.82 Å². The van der Waals surface area contributed by atoms with Crippen LogP contribution in [0.25, 0.3) is 11.1 Å². The third-order valence-corrected chi connectivity index (χ3v) is 6.01. The third kappa shape index (κ3) is 5.07. The number of thiocarbonyl (C=S) groups is 1. The van der Waals surface area contributed by atoms with Crippen LogP contribution in [0.2, 0.25) is 0 Å². The van der Waals surface area contributed by atoms with Gasteiger partial charge in [0.15, 0.2) is 10.2 Å². The maximum Gasteiger partial charge on any atom is 0.257 e. The van der Waals surface area contributed by atoms with Crippen molar-refractivity contribution < 1.29 is 9.18 Å². The van der Waals surface area contributed by atoms with Gasteiger partial charge in [-0.25, -0.2) is 9.37 Å². The molecular weight excluding hydrogens is 441 g/mol. The van der Waals surface area contributed by atoms with Crippen molar-refractivity contribution >= 4 is 39.7 Å². The monoisotopic (exact) mass is 461 g/mol. The number of anilines is 1. The second kappa shape index (κ2) is 9.80. The third-order valence-electron chi connectivity index (χ3n) is 5.03. The van der Waals surface area contributed by atoms with Crippen molar-refractivity contribution in [1.82, 2.24) is 10.3 Å². The standard InChI is InChI=1S/C25H20FN3OS2/c1-16(19-12-13-20(21(26)14-19)17-8-4-2-5-9-17)22-15-32-25(27-22)29-24(31)28-23(30)18-10-6-3-7-11-18/h2-16H,1H3,(H2,27,28,29,30,31). The van der Waals surface area contributed by atoms with Gasteiger partial charge in [0.05, 0.1) is 5.69 Å². The molecule has 0 spiro atoms. The Hall–Kier alpha value is -3.42. The number of carbonyl (C=O) groups excluding carboxylic acids is 1. The Morgan fingerprint density at radius 1 is 1.03 bits per heavy atom. The molecule has 0 aliphatic carbocycles. The van der Waals surface area contributed by atoms with Gasteiger partial charge in [-0.3, -0.25) is 10.1 Å². The summed E-state index contributed by atoms with van der Waals surface area (Å²) in [5.41, 5.74) is 3.56. The summed E-state index contributed by atoms with van der Waals surface area (Å²) in [5.74, 6) is -0.658. The number of rotatable bonds is 5. The first-order chi connectivity index (χ1) is 15.5. The highest BCUT2D eigenvalue weighted by Gasteiger charge is 2.16. The van der Waals surface area contributed by atoms with Crippen LogP contribution in [-0.2, 0) is 0 Å². The Morgan fingerprint density at radius 3 is 2.41 bits per heavy atom. The van der Waals surface area contributed by atoms with Crippen molar-refractivity contribution in [2.45, 2.75) is 12.8 Å². The van der Waals surface area contributed by atoms with Gasteiger partial charge < -0.3 is 5.32 Å². The van der Waals surface area contributed by atoms with E-state index in [1.54, 1.807) is 36.4 Å². The fraction of sp³-hybridized carbons (Fsp3) is 0.0800. The Balaban J connectivity index is 1.42. The number of aromatic nitrogens is 1. The van der Waals surface area contributed by atoms with Crippen LogP contribution in [0.5, 0.6) is 0 Å². The smallest absolute Gasteiger partial charge is 0.257 e. The van der Waals surface area contributed by atoms with Crippen LogP contribution in [0.15, 0.2) is 84.2 Å². The molecule has 4 nitrogen and oxygen atoms in total. The number of nitrogens with zero attached hydrogens (tertiary/aromatic N) is 1. The van der Waals surface area contributed by atoms with E-state index in [0.29, 0.717) is 16.3 Å². The maximum atomic E-state index is 14.8. The largest absolute Gasteiger partial charge is 0.308 e. The maximum absolute atomic E-state index is 14.8. The van der Waals surface area contributed by atoms with E-state index in [9.17, 15) is 9.18 Å². The van der Waals surface area contributed by atoms with E-state index >= 15 is 0 Å². The summed E-state index contributed by atoms with van der Waals surface area (Å²) in [5, 5.41) is 8.22. The minimum Gasteiger partial charge on any atom is -0.308 e. The van der Waals surface area contributed by atoms with Crippen LogP contribution in [0.1, 0.15) is 34.5 Å². The molecule has 4 aromatic rings. The van der Waals surface area contributed by atoms with Gasteiger partial charge in [0.2, 0.25) is 0 Å². The highest BCUT2D eigenvalue weighted by molar-refractivity contribution is 7.80. The van der Waals surface area contributed by atoms with Crippen LogP contribution in [0.3, 0.4) is 0 Å². The first-order valence-corrected chi connectivity index (χ1v) is 11.3. The number of benzene rings is 3. The van der Waals surface area contributed by atoms with Crippen molar-refractivity contribution in [3.63, 3.8) is 0 Å². The molecule has 0 aliphatic rings. The normalized spacial score (nSPS) is 11.6. The summed E-state index contributed by atoms with van der Waals surface area (Å²) >= 11 is 6.61. The summed E-state index contributed by atoms with van der Waals surface area (Å²) in [6.45, 7) is 1.98. The summed E-state index contributed by atoms with van der Waals surface area (Å²) in [6.07, 6.45) is 0. The predicted molar refractivity (Wildman–Crippen MR) is 132 cm³/mol. The SMILES string of the molecule is CC(c1ccc(-c2ccccc2)c(F)c1)c1csc(NC(=S)NC(=O)c2ccccc2)n1. The number of hydrogen-bond donors (Lipinski definition) is 2. The average molecular weight is 462 g/mol. The molecule has 1 amide bonds. The fourth-order valence-corrected chi connectivity index (χ4v) is 4.32. The topological polar surface area (TPSA) is 54.0 Å². The van der Waals surface area contributed by atoms with Gasteiger partial charge in [-0.05, 0) is 41.5 Å². The lowest BCUT2D eigenvalue weighted by Gasteiger charge is -2.12. The number of hydrogen-bond acceptors (Lipinski definition) is 4. The van der Waals surface area contributed by atoms with E-state index in [-0.39, 0.29) is 22.8 Å². The zero-order chi connectivity index (χ0) is 22.5. The minimum absolute atomic E-state index is 0.103. The quantitative estimate of drug-likeness (QED) is 0.346. The van der Waals surface area contributed by atoms with Gasteiger partial charge in [-0.2, -0.15) is 0 Å². The zero-order valence-corrected chi connectivity index (χ0v) is 18.8. The predicted octanol–water partition coefficient (Wildman–Crippen LogP) is 6.23.